The monoisotopic (exact) mass is 189 g/mol. The SMILES string of the molecule is CC(C)C(=O)[C@@H]1N[C@H]1c1ccccc1. The fourth-order valence-corrected chi connectivity index (χ4v) is 1.69. The van der Waals surface area contributed by atoms with E-state index in [4.69, 9.17) is 0 Å². The molecular weight excluding hydrogens is 174 g/mol. The van der Waals surface area contributed by atoms with E-state index in [0.717, 1.165) is 0 Å². The van der Waals surface area contributed by atoms with Crippen LogP contribution in [0.4, 0.5) is 0 Å². The summed E-state index contributed by atoms with van der Waals surface area (Å²) in [5.74, 6) is 0.445. The van der Waals surface area contributed by atoms with Gasteiger partial charge in [-0.25, -0.2) is 0 Å². The largest absolute Gasteiger partial charge is 0.298 e. The van der Waals surface area contributed by atoms with E-state index in [0.29, 0.717) is 5.78 Å². The highest BCUT2D eigenvalue weighted by Crippen LogP contribution is 2.31. The van der Waals surface area contributed by atoms with Gasteiger partial charge in [0.25, 0.3) is 0 Å². The van der Waals surface area contributed by atoms with Crippen LogP contribution in [-0.4, -0.2) is 11.8 Å². The predicted molar refractivity (Wildman–Crippen MR) is 56.0 cm³/mol. The number of nitrogens with one attached hydrogen (secondary N) is 1. The number of ketones is 1. The van der Waals surface area contributed by atoms with Gasteiger partial charge >= 0.3 is 0 Å². The molecule has 2 heteroatoms. The normalized spacial score (nSPS) is 25.1. The van der Waals surface area contributed by atoms with Crippen LogP contribution < -0.4 is 5.32 Å². The van der Waals surface area contributed by atoms with Gasteiger partial charge in [-0.2, -0.15) is 0 Å². The van der Waals surface area contributed by atoms with Crippen molar-refractivity contribution in [2.75, 3.05) is 0 Å². The molecule has 2 rings (SSSR count). The summed E-state index contributed by atoms with van der Waals surface area (Å²) in [5, 5.41) is 3.22. The summed E-state index contributed by atoms with van der Waals surface area (Å²) < 4.78 is 0. The topological polar surface area (TPSA) is 39.0 Å². The summed E-state index contributed by atoms with van der Waals surface area (Å²) in [7, 11) is 0. The van der Waals surface area contributed by atoms with Crippen molar-refractivity contribution in [3.8, 4) is 0 Å². The van der Waals surface area contributed by atoms with Crippen molar-refractivity contribution >= 4 is 5.78 Å². The lowest BCUT2D eigenvalue weighted by Crippen LogP contribution is -2.16. The fourth-order valence-electron chi connectivity index (χ4n) is 1.69. The number of hydrogen-bond donors (Lipinski definition) is 1. The van der Waals surface area contributed by atoms with Crippen molar-refractivity contribution < 1.29 is 4.79 Å². The Kier molecular flexibility index (Phi) is 2.38. The van der Waals surface area contributed by atoms with Gasteiger partial charge in [-0.05, 0) is 5.56 Å². The Morgan fingerprint density at radius 1 is 1.29 bits per heavy atom. The Bertz CT molecular complexity index is 331. The first-order chi connectivity index (χ1) is 6.70. The molecule has 0 amide bonds. The number of rotatable bonds is 3. The molecule has 1 saturated heterocycles. The van der Waals surface area contributed by atoms with Gasteiger partial charge in [-0.15, -0.1) is 0 Å². The third-order valence-corrected chi connectivity index (χ3v) is 2.62. The molecule has 0 spiro atoms. The quantitative estimate of drug-likeness (QED) is 0.738. The molecule has 1 aromatic rings. The maximum Gasteiger partial charge on any atom is 0.154 e. The predicted octanol–water partition coefficient (Wildman–Crippen LogP) is 1.92. The maximum absolute atomic E-state index is 11.6. The summed E-state index contributed by atoms with van der Waals surface area (Å²) in [4.78, 5) is 11.6. The van der Waals surface area contributed by atoms with E-state index in [-0.39, 0.29) is 18.0 Å². The number of carbonyl (C=O) groups is 1. The van der Waals surface area contributed by atoms with Crippen LogP contribution in [0, 0.1) is 5.92 Å². The van der Waals surface area contributed by atoms with E-state index in [9.17, 15) is 4.79 Å². The van der Waals surface area contributed by atoms with Crippen molar-refractivity contribution in [3.63, 3.8) is 0 Å². The lowest BCUT2D eigenvalue weighted by Gasteiger charge is -2.00. The van der Waals surface area contributed by atoms with Crippen LogP contribution in [0.25, 0.3) is 0 Å². The van der Waals surface area contributed by atoms with E-state index in [1.165, 1.54) is 5.56 Å². The second-order valence-corrected chi connectivity index (χ2v) is 4.09. The van der Waals surface area contributed by atoms with Gasteiger partial charge in [0.05, 0.1) is 12.1 Å². The van der Waals surface area contributed by atoms with Crippen molar-refractivity contribution in [1.82, 2.24) is 5.32 Å². The standard InChI is InChI=1S/C12H15NO/c1-8(2)12(14)11-10(13-11)9-6-4-3-5-7-9/h3-8,10-11,13H,1-2H3/t10-,11+/m0/s1. The summed E-state index contributed by atoms with van der Waals surface area (Å²) in [5.41, 5.74) is 1.21. The van der Waals surface area contributed by atoms with Gasteiger partial charge in [-0.3, -0.25) is 10.1 Å². The van der Waals surface area contributed by atoms with Crippen molar-refractivity contribution in [2.24, 2.45) is 5.92 Å². The maximum atomic E-state index is 11.6. The molecular formula is C12H15NO. The van der Waals surface area contributed by atoms with Gasteiger partial charge in [0.1, 0.15) is 0 Å². The zero-order chi connectivity index (χ0) is 10.1. The third-order valence-electron chi connectivity index (χ3n) is 2.62. The first-order valence-corrected chi connectivity index (χ1v) is 5.05. The average Bonchev–Trinajstić information content (AvgIpc) is 2.97. The van der Waals surface area contributed by atoms with Gasteiger partial charge in [0.15, 0.2) is 5.78 Å². The van der Waals surface area contributed by atoms with Crippen LogP contribution in [0.2, 0.25) is 0 Å². The van der Waals surface area contributed by atoms with Crippen molar-refractivity contribution in [1.29, 1.82) is 0 Å². The Labute approximate surface area is 84.3 Å². The molecule has 2 atom stereocenters. The van der Waals surface area contributed by atoms with Crippen LogP contribution >= 0.6 is 0 Å². The molecule has 2 nitrogen and oxygen atoms in total. The molecule has 74 valence electrons. The molecule has 1 fully saturated rings. The van der Waals surface area contributed by atoms with Crippen molar-refractivity contribution in [2.45, 2.75) is 25.9 Å². The lowest BCUT2D eigenvalue weighted by atomic mass is 10.0. The smallest absolute Gasteiger partial charge is 0.154 e. The molecule has 0 radical (unpaired) electrons. The molecule has 0 aliphatic carbocycles. The summed E-state index contributed by atoms with van der Waals surface area (Å²) in [6.45, 7) is 3.90. The number of benzene rings is 1. The number of Topliss-reactive ketones (excluding diaryl/α,β-unsaturated/α-hetero) is 1. The number of carbonyl (C=O) groups excluding carboxylic acids is 1. The van der Waals surface area contributed by atoms with Crippen LogP contribution in [-0.2, 0) is 4.79 Å². The zero-order valence-corrected chi connectivity index (χ0v) is 8.53. The highest BCUT2D eigenvalue weighted by Gasteiger charge is 2.43. The van der Waals surface area contributed by atoms with E-state index < -0.39 is 0 Å². The molecule has 1 aliphatic rings. The van der Waals surface area contributed by atoms with E-state index in [1.807, 2.05) is 32.0 Å². The van der Waals surface area contributed by atoms with Crippen molar-refractivity contribution in [3.05, 3.63) is 35.9 Å². The molecule has 0 unspecified atom stereocenters. The molecule has 1 N–H and O–H groups in total. The zero-order valence-electron chi connectivity index (χ0n) is 8.53. The average molecular weight is 189 g/mol. The fraction of sp³-hybridized carbons (Fsp3) is 0.417. The Morgan fingerprint density at radius 2 is 1.93 bits per heavy atom. The van der Waals surface area contributed by atoms with Crippen LogP contribution in [0.5, 0.6) is 0 Å². The van der Waals surface area contributed by atoms with Crippen LogP contribution in [0.3, 0.4) is 0 Å². The summed E-state index contributed by atoms with van der Waals surface area (Å²) in [6.07, 6.45) is 0. The first kappa shape index (κ1) is 9.41. The Hall–Kier alpha value is -1.15. The molecule has 1 heterocycles. The summed E-state index contributed by atoms with van der Waals surface area (Å²) in [6, 6.07) is 10.4. The van der Waals surface area contributed by atoms with Crippen LogP contribution in [0.15, 0.2) is 30.3 Å². The van der Waals surface area contributed by atoms with E-state index >= 15 is 0 Å². The number of hydrogen-bond acceptors (Lipinski definition) is 2. The minimum Gasteiger partial charge on any atom is -0.298 e. The highest BCUT2D eigenvalue weighted by molar-refractivity contribution is 5.89. The second kappa shape index (κ2) is 3.54. The Morgan fingerprint density at radius 3 is 2.50 bits per heavy atom. The molecule has 1 aromatic carbocycles. The third kappa shape index (κ3) is 1.70. The first-order valence-electron chi connectivity index (χ1n) is 5.05. The van der Waals surface area contributed by atoms with Gasteiger partial charge in [0, 0.05) is 5.92 Å². The van der Waals surface area contributed by atoms with Crippen LogP contribution in [0.1, 0.15) is 25.5 Å². The minimum absolute atomic E-state index is 0.0531. The lowest BCUT2D eigenvalue weighted by molar-refractivity contribution is -0.121. The van der Waals surface area contributed by atoms with Gasteiger partial charge in [-0.1, -0.05) is 44.2 Å². The molecule has 1 aliphatic heterocycles. The van der Waals surface area contributed by atoms with Gasteiger partial charge in [0.2, 0.25) is 0 Å². The molecule has 0 aromatic heterocycles. The second-order valence-electron chi connectivity index (χ2n) is 4.09. The highest BCUT2D eigenvalue weighted by atomic mass is 16.1. The molecule has 0 bridgehead atoms. The van der Waals surface area contributed by atoms with E-state index in [2.05, 4.69) is 17.4 Å². The Balaban J connectivity index is 2.03. The van der Waals surface area contributed by atoms with E-state index in [1.54, 1.807) is 0 Å². The molecule has 0 saturated carbocycles. The molecule has 14 heavy (non-hydrogen) atoms. The summed E-state index contributed by atoms with van der Waals surface area (Å²) >= 11 is 0. The van der Waals surface area contributed by atoms with Gasteiger partial charge < -0.3 is 0 Å². The minimum atomic E-state index is 0.0531.